The minimum atomic E-state index is 0.151. The van der Waals surface area contributed by atoms with E-state index in [4.69, 9.17) is 42.9 Å². The summed E-state index contributed by atoms with van der Waals surface area (Å²) in [4.78, 5) is 8.92. The normalized spacial score (nSPS) is 15.4. The van der Waals surface area contributed by atoms with Crippen molar-refractivity contribution in [2.24, 2.45) is 0 Å². The third-order valence-corrected chi connectivity index (χ3v) is 6.28. The zero-order chi connectivity index (χ0) is 25.4. The van der Waals surface area contributed by atoms with Gasteiger partial charge < -0.3 is 25.0 Å². The first kappa shape index (κ1) is 27.2. The molecule has 2 aromatic heterocycles. The van der Waals surface area contributed by atoms with Crippen molar-refractivity contribution in [1.82, 2.24) is 20.4 Å². The van der Waals surface area contributed by atoms with E-state index in [0.717, 1.165) is 19.6 Å². The number of nitrogen functional groups attached to an aromatic ring is 1. The lowest BCUT2D eigenvalue weighted by molar-refractivity contribution is 0.0285. The zero-order valence-electron chi connectivity index (χ0n) is 20.7. The first-order valence-electron chi connectivity index (χ1n) is 11.8. The van der Waals surface area contributed by atoms with Crippen LogP contribution in [0.5, 0.6) is 5.75 Å². The van der Waals surface area contributed by atoms with Crippen molar-refractivity contribution in [1.29, 1.82) is 0 Å². The number of nitrogens with one attached hydrogen (secondary N) is 1. The number of hydrogen-bond acceptors (Lipinski definition) is 8. The largest absolute Gasteiger partial charge is 0.494 e. The molecular formula is C25H33Cl2N5O3. The Morgan fingerprint density at radius 3 is 2.60 bits per heavy atom. The number of benzene rings is 1. The van der Waals surface area contributed by atoms with Gasteiger partial charge in [-0.05, 0) is 78.2 Å². The maximum absolute atomic E-state index is 6.40. The summed E-state index contributed by atoms with van der Waals surface area (Å²) >= 11 is 12.8. The van der Waals surface area contributed by atoms with Crippen LogP contribution in [0.15, 0.2) is 22.7 Å². The van der Waals surface area contributed by atoms with Crippen molar-refractivity contribution in [2.45, 2.75) is 52.6 Å². The van der Waals surface area contributed by atoms with Crippen LogP contribution in [0.25, 0.3) is 22.6 Å². The number of nitrogens with two attached hydrogens (primary N) is 1. The summed E-state index contributed by atoms with van der Waals surface area (Å²) in [5.41, 5.74) is 8.46. The molecule has 0 radical (unpaired) electrons. The first-order chi connectivity index (χ1) is 16.8. The van der Waals surface area contributed by atoms with Gasteiger partial charge in [0.15, 0.2) is 5.82 Å². The molecule has 1 saturated heterocycles. The Labute approximate surface area is 216 Å². The summed E-state index contributed by atoms with van der Waals surface area (Å²) in [5.74, 6) is 1.77. The third kappa shape index (κ3) is 7.30. The Morgan fingerprint density at radius 2 is 2.00 bits per heavy atom. The fraction of sp³-hybridized carbons (Fsp3) is 0.480. The second-order valence-corrected chi connectivity index (χ2v) is 9.20. The molecular weight excluding hydrogens is 489 g/mol. The van der Waals surface area contributed by atoms with E-state index in [2.05, 4.69) is 27.4 Å². The minimum Gasteiger partial charge on any atom is -0.494 e. The van der Waals surface area contributed by atoms with Gasteiger partial charge in [0.05, 0.1) is 29.0 Å². The van der Waals surface area contributed by atoms with E-state index in [-0.39, 0.29) is 10.8 Å². The lowest BCUT2D eigenvalue weighted by atomic mass is 10.1. The minimum absolute atomic E-state index is 0.151. The van der Waals surface area contributed by atoms with Gasteiger partial charge in [0, 0.05) is 12.2 Å². The molecule has 1 aromatic carbocycles. The van der Waals surface area contributed by atoms with Crippen LogP contribution in [0.3, 0.4) is 0 Å². The number of hydrogen-bond donors (Lipinski definition) is 2. The third-order valence-electron chi connectivity index (χ3n) is 5.57. The fourth-order valence-electron chi connectivity index (χ4n) is 3.68. The topological polar surface area (TPSA) is 108 Å². The van der Waals surface area contributed by atoms with Gasteiger partial charge in [0.25, 0.3) is 0 Å². The van der Waals surface area contributed by atoms with E-state index in [9.17, 15) is 0 Å². The predicted octanol–water partition coefficient (Wildman–Crippen LogP) is 5.87. The smallest absolute Gasteiger partial charge is 0.163 e. The van der Waals surface area contributed by atoms with E-state index >= 15 is 0 Å². The summed E-state index contributed by atoms with van der Waals surface area (Å²) in [6.45, 7) is 8.18. The predicted molar refractivity (Wildman–Crippen MR) is 140 cm³/mol. The SMILES string of the molecule is CC1CCCCO1.CNCCCOc1ccc(Cl)c(-c2nc(N)c(Cl)c(-c3c(C)noc3C)n2)c1. The summed E-state index contributed by atoms with van der Waals surface area (Å²) in [7, 11) is 1.90. The molecule has 190 valence electrons. The summed E-state index contributed by atoms with van der Waals surface area (Å²) in [5, 5.41) is 7.77. The number of anilines is 1. The molecule has 35 heavy (non-hydrogen) atoms. The van der Waals surface area contributed by atoms with Gasteiger partial charge in [-0.2, -0.15) is 0 Å². The highest BCUT2D eigenvalue weighted by Crippen LogP contribution is 2.37. The molecule has 3 N–H and O–H groups in total. The van der Waals surface area contributed by atoms with E-state index in [0.29, 0.717) is 57.6 Å². The number of nitrogens with zero attached hydrogens (tertiary/aromatic N) is 3. The van der Waals surface area contributed by atoms with Gasteiger partial charge in [-0.3, -0.25) is 0 Å². The Hall–Kier alpha value is -2.39. The van der Waals surface area contributed by atoms with Crippen molar-refractivity contribution in [3.05, 3.63) is 39.7 Å². The van der Waals surface area contributed by atoms with Crippen molar-refractivity contribution < 1.29 is 14.0 Å². The second kappa shape index (κ2) is 13.1. The molecule has 1 fully saturated rings. The van der Waals surface area contributed by atoms with Crippen molar-refractivity contribution in [3.63, 3.8) is 0 Å². The average molecular weight is 522 g/mol. The molecule has 10 heteroatoms. The highest BCUT2D eigenvalue weighted by atomic mass is 35.5. The van der Waals surface area contributed by atoms with Crippen LogP contribution in [-0.4, -0.2) is 48.0 Å². The van der Waals surface area contributed by atoms with Gasteiger partial charge in [0.1, 0.15) is 28.0 Å². The monoisotopic (exact) mass is 521 g/mol. The van der Waals surface area contributed by atoms with Crippen LogP contribution in [-0.2, 0) is 4.74 Å². The number of aryl methyl sites for hydroxylation is 2. The molecule has 0 bridgehead atoms. The lowest BCUT2D eigenvalue weighted by Gasteiger charge is -2.17. The Balaban J connectivity index is 0.000000420. The molecule has 3 heterocycles. The van der Waals surface area contributed by atoms with Gasteiger partial charge in [0.2, 0.25) is 0 Å². The maximum atomic E-state index is 6.40. The van der Waals surface area contributed by atoms with Gasteiger partial charge in [-0.1, -0.05) is 28.4 Å². The van der Waals surface area contributed by atoms with E-state index < -0.39 is 0 Å². The quantitative estimate of drug-likeness (QED) is 0.371. The number of rotatable bonds is 7. The summed E-state index contributed by atoms with van der Waals surface area (Å²) in [6, 6.07) is 5.34. The van der Waals surface area contributed by atoms with Crippen LogP contribution >= 0.6 is 23.2 Å². The average Bonchev–Trinajstić information content (AvgIpc) is 3.18. The summed E-state index contributed by atoms with van der Waals surface area (Å²) in [6.07, 6.45) is 5.31. The van der Waals surface area contributed by atoms with Crippen LogP contribution in [0.4, 0.5) is 5.82 Å². The van der Waals surface area contributed by atoms with Crippen molar-refractivity contribution in [2.75, 3.05) is 32.5 Å². The molecule has 1 atom stereocenters. The molecule has 3 aromatic rings. The van der Waals surface area contributed by atoms with Crippen LogP contribution in [0.2, 0.25) is 10.0 Å². The molecule has 0 aliphatic carbocycles. The summed E-state index contributed by atoms with van der Waals surface area (Å²) < 4.78 is 16.3. The molecule has 0 saturated carbocycles. The Bertz CT molecular complexity index is 1100. The zero-order valence-corrected chi connectivity index (χ0v) is 22.2. The van der Waals surface area contributed by atoms with E-state index in [1.807, 2.05) is 14.0 Å². The van der Waals surface area contributed by atoms with Crippen molar-refractivity contribution in [3.8, 4) is 28.4 Å². The maximum Gasteiger partial charge on any atom is 0.163 e. The van der Waals surface area contributed by atoms with E-state index in [1.165, 1.54) is 19.3 Å². The number of halogens is 2. The second-order valence-electron chi connectivity index (χ2n) is 8.42. The highest BCUT2D eigenvalue weighted by molar-refractivity contribution is 6.35. The van der Waals surface area contributed by atoms with E-state index in [1.54, 1.807) is 25.1 Å². The number of ether oxygens (including phenoxy) is 2. The van der Waals surface area contributed by atoms with Crippen molar-refractivity contribution >= 4 is 29.0 Å². The molecule has 0 spiro atoms. The van der Waals surface area contributed by atoms with Gasteiger partial charge in [-0.25, -0.2) is 9.97 Å². The molecule has 1 aliphatic rings. The first-order valence-corrected chi connectivity index (χ1v) is 12.5. The molecule has 8 nitrogen and oxygen atoms in total. The van der Waals surface area contributed by atoms with Crippen LogP contribution < -0.4 is 15.8 Å². The molecule has 4 rings (SSSR count). The standard InChI is InChI=1S/C19H21Cl2N5O2.C6H12O/c1-10-15(11(2)28-26-10)17-16(21)18(22)25-19(24-17)13-9-12(5-6-14(13)20)27-8-4-7-23-3;1-6-4-2-3-5-7-6/h5-6,9,23H,4,7-8H2,1-3H3,(H2,22,24,25);6H,2-5H2,1H3. The lowest BCUT2D eigenvalue weighted by Crippen LogP contribution is -2.14. The molecule has 1 aliphatic heterocycles. The molecule has 0 amide bonds. The van der Waals surface area contributed by atoms with Gasteiger partial charge >= 0.3 is 0 Å². The Morgan fingerprint density at radius 1 is 1.20 bits per heavy atom. The van der Waals surface area contributed by atoms with Crippen LogP contribution in [0.1, 0.15) is 44.1 Å². The fourth-order valence-corrected chi connectivity index (χ4v) is 4.06. The molecule has 1 unspecified atom stereocenters. The number of aromatic nitrogens is 3. The van der Waals surface area contributed by atoms with Crippen LogP contribution in [0, 0.1) is 13.8 Å². The highest BCUT2D eigenvalue weighted by Gasteiger charge is 2.21. The van der Waals surface area contributed by atoms with Gasteiger partial charge in [-0.15, -0.1) is 0 Å². The Kier molecular flexibility index (Phi) is 10.2.